The molecule has 134 valence electrons. The summed E-state index contributed by atoms with van der Waals surface area (Å²) in [5.41, 5.74) is 5.86. The third-order valence-corrected chi connectivity index (χ3v) is 3.19. The maximum atomic E-state index is 11.8. The largest absolute Gasteiger partial charge is 0.484 e. The van der Waals surface area contributed by atoms with Gasteiger partial charge in [-0.1, -0.05) is 24.3 Å². The number of hydrogen-bond donors (Lipinski definition) is 1. The molecule has 0 aliphatic heterocycles. The van der Waals surface area contributed by atoms with Crippen LogP contribution in [0.15, 0.2) is 54.6 Å². The van der Waals surface area contributed by atoms with E-state index in [2.05, 4.69) is 0 Å². The number of ether oxygens (including phenoxy) is 2. The van der Waals surface area contributed by atoms with E-state index in [-0.39, 0.29) is 18.9 Å². The van der Waals surface area contributed by atoms with Gasteiger partial charge in [-0.2, -0.15) is 0 Å². The van der Waals surface area contributed by atoms with E-state index in [1.807, 2.05) is 0 Å². The number of para-hydroxylation sites is 1. The Morgan fingerprint density at radius 2 is 1.92 bits per heavy atom. The molecule has 0 spiro atoms. The number of carbonyl (C=O) groups excluding carboxylic acids is 2. The Bertz CT molecular complexity index is 847. The monoisotopic (exact) mass is 356 g/mol. The van der Waals surface area contributed by atoms with Crippen LogP contribution in [0.3, 0.4) is 0 Å². The Hall–Kier alpha value is -3.68. The molecule has 2 rings (SSSR count). The number of nitrogens with zero attached hydrogens (tertiary/aromatic N) is 1. The lowest BCUT2D eigenvalue weighted by Gasteiger charge is -2.06. The fourth-order valence-electron chi connectivity index (χ4n) is 2.03. The zero-order valence-electron chi connectivity index (χ0n) is 13.7. The maximum Gasteiger partial charge on any atom is 0.331 e. The smallest absolute Gasteiger partial charge is 0.331 e. The predicted molar refractivity (Wildman–Crippen MR) is 93.1 cm³/mol. The highest BCUT2D eigenvalue weighted by atomic mass is 16.6. The zero-order chi connectivity index (χ0) is 18.9. The van der Waals surface area contributed by atoms with Gasteiger partial charge >= 0.3 is 5.97 Å². The van der Waals surface area contributed by atoms with Crippen molar-refractivity contribution in [2.45, 2.75) is 6.61 Å². The minimum atomic E-state index is -0.647. The number of rotatable bonds is 8. The van der Waals surface area contributed by atoms with Gasteiger partial charge in [-0.25, -0.2) is 4.79 Å². The highest BCUT2D eigenvalue weighted by Crippen LogP contribution is 2.19. The van der Waals surface area contributed by atoms with Crippen molar-refractivity contribution in [1.82, 2.24) is 0 Å². The minimum absolute atomic E-state index is 0.0200. The van der Waals surface area contributed by atoms with Crippen LogP contribution in [-0.2, 0) is 20.9 Å². The first-order valence-electron chi connectivity index (χ1n) is 7.54. The fraction of sp³-hybridized carbons (Fsp3) is 0.111. The second-order valence-corrected chi connectivity index (χ2v) is 5.16. The normalized spacial score (nSPS) is 10.5. The molecule has 0 saturated heterocycles. The van der Waals surface area contributed by atoms with E-state index in [1.54, 1.807) is 36.4 Å². The number of nitro groups is 1. The summed E-state index contributed by atoms with van der Waals surface area (Å²) < 4.78 is 10.3. The Labute approximate surface area is 149 Å². The average Bonchev–Trinajstić information content (AvgIpc) is 2.63. The van der Waals surface area contributed by atoms with E-state index in [0.29, 0.717) is 16.9 Å². The van der Waals surface area contributed by atoms with Crippen molar-refractivity contribution in [3.05, 3.63) is 75.8 Å². The zero-order valence-corrected chi connectivity index (χ0v) is 13.7. The van der Waals surface area contributed by atoms with E-state index in [1.165, 1.54) is 18.2 Å². The first-order valence-corrected chi connectivity index (χ1v) is 7.54. The number of primary amides is 1. The number of benzene rings is 2. The van der Waals surface area contributed by atoms with Gasteiger partial charge in [0.2, 0.25) is 0 Å². The van der Waals surface area contributed by atoms with E-state index in [4.69, 9.17) is 15.2 Å². The minimum Gasteiger partial charge on any atom is -0.484 e. The molecular formula is C18H16N2O6. The first kappa shape index (κ1) is 18.7. The van der Waals surface area contributed by atoms with Gasteiger partial charge < -0.3 is 15.2 Å². The topological polar surface area (TPSA) is 122 Å². The molecule has 26 heavy (non-hydrogen) atoms. The first-order chi connectivity index (χ1) is 12.5. The van der Waals surface area contributed by atoms with Gasteiger partial charge in [0.05, 0.1) is 10.5 Å². The van der Waals surface area contributed by atoms with Crippen LogP contribution in [0.25, 0.3) is 6.08 Å². The summed E-state index contributed by atoms with van der Waals surface area (Å²) in [6.07, 6.45) is 2.45. The number of esters is 1. The van der Waals surface area contributed by atoms with Crippen LogP contribution in [-0.4, -0.2) is 23.4 Å². The molecule has 2 aromatic rings. The third kappa shape index (κ3) is 5.75. The third-order valence-electron chi connectivity index (χ3n) is 3.19. The van der Waals surface area contributed by atoms with Crippen LogP contribution in [0.5, 0.6) is 5.75 Å². The van der Waals surface area contributed by atoms with Crippen molar-refractivity contribution in [1.29, 1.82) is 0 Å². The van der Waals surface area contributed by atoms with Crippen LogP contribution in [0, 0.1) is 10.1 Å². The van der Waals surface area contributed by atoms with Crippen molar-refractivity contribution in [2.24, 2.45) is 5.73 Å². The molecule has 2 N–H and O–H groups in total. The molecule has 0 aliphatic rings. The molecule has 0 aliphatic carbocycles. The molecule has 0 radical (unpaired) electrons. The second kappa shape index (κ2) is 8.97. The maximum absolute atomic E-state index is 11.8. The standard InChI is InChI=1S/C18H16N2O6/c19-17(21)12-25-15-6-3-4-13(10-15)11-26-18(22)9-8-14-5-1-2-7-16(14)20(23)24/h1-10H,11-12H2,(H2,19,21)/b9-8+. The molecule has 2 aromatic carbocycles. The number of amides is 1. The number of nitro benzene ring substituents is 1. The van der Waals surface area contributed by atoms with Gasteiger partial charge in [-0.15, -0.1) is 0 Å². The van der Waals surface area contributed by atoms with Gasteiger partial charge in [0.15, 0.2) is 6.61 Å². The second-order valence-electron chi connectivity index (χ2n) is 5.16. The van der Waals surface area contributed by atoms with Crippen molar-refractivity contribution in [3.63, 3.8) is 0 Å². The molecule has 1 amide bonds. The summed E-state index contributed by atoms with van der Waals surface area (Å²) in [5, 5.41) is 10.9. The Balaban J connectivity index is 1.94. The summed E-state index contributed by atoms with van der Waals surface area (Å²) in [5.74, 6) is -0.818. The SMILES string of the molecule is NC(=O)COc1cccc(COC(=O)/C=C/c2ccccc2[N+](=O)[O-])c1. The van der Waals surface area contributed by atoms with Crippen LogP contribution in [0.4, 0.5) is 5.69 Å². The highest BCUT2D eigenvalue weighted by Gasteiger charge is 2.10. The predicted octanol–water partition coefficient (Wildman–Crippen LogP) is 2.22. The van der Waals surface area contributed by atoms with E-state index >= 15 is 0 Å². The van der Waals surface area contributed by atoms with Gasteiger partial charge in [0, 0.05) is 12.1 Å². The summed E-state index contributed by atoms with van der Waals surface area (Å²) in [7, 11) is 0. The van der Waals surface area contributed by atoms with Gasteiger partial charge in [0.25, 0.3) is 11.6 Å². The van der Waals surface area contributed by atoms with Gasteiger partial charge in [-0.05, 0) is 29.8 Å². The molecule has 0 fully saturated rings. The van der Waals surface area contributed by atoms with Gasteiger partial charge in [-0.3, -0.25) is 14.9 Å². The highest BCUT2D eigenvalue weighted by molar-refractivity contribution is 5.87. The lowest BCUT2D eigenvalue weighted by Crippen LogP contribution is -2.20. The Morgan fingerprint density at radius 1 is 1.15 bits per heavy atom. The van der Waals surface area contributed by atoms with Gasteiger partial charge in [0.1, 0.15) is 12.4 Å². The molecule has 0 heterocycles. The Kier molecular flexibility index (Phi) is 6.44. The summed E-state index contributed by atoms with van der Waals surface area (Å²) in [6.45, 7) is -0.268. The molecule has 0 atom stereocenters. The fourth-order valence-corrected chi connectivity index (χ4v) is 2.03. The molecular weight excluding hydrogens is 340 g/mol. The van der Waals surface area contributed by atoms with Crippen LogP contribution >= 0.6 is 0 Å². The van der Waals surface area contributed by atoms with Crippen molar-refractivity contribution >= 4 is 23.6 Å². The lowest BCUT2D eigenvalue weighted by molar-refractivity contribution is -0.385. The quantitative estimate of drug-likeness (QED) is 0.335. The van der Waals surface area contributed by atoms with E-state index < -0.39 is 16.8 Å². The number of carbonyl (C=O) groups is 2. The average molecular weight is 356 g/mol. The molecule has 0 saturated carbocycles. The Morgan fingerprint density at radius 3 is 2.65 bits per heavy atom. The van der Waals surface area contributed by atoms with Crippen LogP contribution in [0.2, 0.25) is 0 Å². The molecule has 0 unspecified atom stereocenters. The molecule has 0 bridgehead atoms. The van der Waals surface area contributed by atoms with Crippen LogP contribution in [0.1, 0.15) is 11.1 Å². The van der Waals surface area contributed by atoms with Crippen LogP contribution < -0.4 is 10.5 Å². The molecule has 8 nitrogen and oxygen atoms in total. The summed E-state index contributed by atoms with van der Waals surface area (Å²) in [6, 6.07) is 12.7. The lowest BCUT2D eigenvalue weighted by atomic mass is 10.1. The summed E-state index contributed by atoms with van der Waals surface area (Å²) in [4.78, 5) is 32.9. The van der Waals surface area contributed by atoms with E-state index in [9.17, 15) is 19.7 Å². The van der Waals surface area contributed by atoms with Crippen molar-refractivity contribution in [2.75, 3.05) is 6.61 Å². The van der Waals surface area contributed by atoms with Crippen molar-refractivity contribution in [3.8, 4) is 5.75 Å². The molecule has 8 heteroatoms. The number of hydrogen-bond acceptors (Lipinski definition) is 6. The summed E-state index contributed by atoms with van der Waals surface area (Å²) >= 11 is 0. The number of nitrogens with two attached hydrogens (primary N) is 1. The van der Waals surface area contributed by atoms with E-state index in [0.717, 1.165) is 6.08 Å². The van der Waals surface area contributed by atoms with Crippen molar-refractivity contribution < 1.29 is 24.0 Å². The molecule has 0 aromatic heterocycles.